The highest BCUT2D eigenvalue weighted by atomic mass is 16.6. The van der Waals surface area contributed by atoms with Gasteiger partial charge in [-0.2, -0.15) is 0 Å². The van der Waals surface area contributed by atoms with Gasteiger partial charge in [0.25, 0.3) is 0 Å². The summed E-state index contributed by atoms with van der Waals surface area (Å²) in [6.45, 7) is 11.3. The number of rotatable bonds is 37. The number of carbonyl (C=O) groups is 3. The van der Waals surface area contributed by atoms with Crippen molar-refractivity contribution in [2.75, 3.05) is 13.2 Å². The molecule has 2 atom stereocenters. The van der Waals surface area contributed by atoms with E-state index >= 15 is 0 Å². The van der Waals surface area contributed by atoms with Crippen LogP contribution in [0.25, 0.3) is 0 Å². The molecule has 0 saturated heterocycles. The van der Waals surface area contributed by atoms with Crippen LogP contribution >= 0.6 is 0 Å². The molecule has 0 aromatic rings. The summed E-state index contributed by atoms with van der Waals surface area (Å²) in [6, 6.07) is 0. The van der Waals surface area contributed by atoms with Gasteiger partial charge in [0.1, 0.15) is 13.2 Å². The maximum atomic E-state index is 12.6. The Labute approximate surface area is 304 Å². The smallest absolute Gasteiger partial charge is 0.306 e. The second kappa shape index (κ2) is 36.2. The molecule has 0 aliphatic heterocycles. The lowest BCUT2D eigenvalue weighted by Crippen LogP contribution is -2.30. The molecule has 0 aromatic heterocycles. The highest BCUT2D eigenvalue weighted by Crippen LogP contribution is 2.16. The zero-order valence-corrected chi connectivity index (χ0v) is 33.3. The Kier molecular flexibility index (Phi) is 35.0. The van der Waals surface area contributed by atoms with Gasteiger partial charge < -0.3 is 14.2 Å². The van der Waals surface area contributed by atoms with Gasteiger partial charge in [-0.05, 0) is 31.1 Å². The molecule has 0 bridgehead atoms. The highest BCUT2D eigenvalue weighted by Gasteiger charge is 2.19. The third-order valence-corrected chi connectivity index (χ3v) is 9.83. The Morgan fingerprint density at radius 3 is 1.16 bits per heavy atom. The lowest BCUT2D eigenvalue weighted by molar-refractivity contribution is -0.167. The van der Waals surface area contributed by atoms with E-state index in [9.17, 15) is 14.4 Å². The number of unbranched alkanes of at least 4 members (excludes halogenated alkanes) is 21. The summed E-state index contributed by atoms with van der Waals surface area (Å²) in [5.41, 5.74) is 0. The fourth-order valence-electron chi connectivity index (χ4n) is 6.19. The van der Waals surface area contributed by atoms with Gasteiger partial charge in [0.15, 0.2) is 6.10 Å². The molecule has 290 valence electrons. The predicted molar refractivity (Wildman–Crippen MR) is 206 cm³/mol. The van der Waals surface area contributed by atoms with E-state index in [1.54, 1.807) is 0 Å². The van der Waals surface area contributed by atoms with Crippen molar-refractivity contribution in [2.24, 2.45) is 11.8 Å². The second-order valence-corrected chi connectivity index (χ2v) is 15.3. The number of ether oxygens (including phenoxy) is 3. The normalized spacial score (nSPS) is 12.6. The molecule has 0 spiro atoms. The van der Waals surface area contributed by atoms with Crippen LogP contribution in [0.5, 0.6) is 0 Å². The minimum atomic E-state index is -0.759. The number of carbonyl (C=O) groups excluding carboxylic acids is 3. The first-order chi connectivity index (χ1) is 23.8. The minimum absolute atomic E-state index is 0.0664. The van der Waals surface area contributed by atoms with Crippen LogP contribution in [0.2, 0.25) is 0 Å². The van der Waals surface area contributed by atoms with Crippen molar-refractivity contribution < 1.29 is 28.6 Å². The molecule has 0 rings (SSSR count). The maximum Gasteiger partial charge on any atom is 0.306 e. The molecule has 1 unspecified atom stereocenters. The highest BCUT2D eigenvalue weighted by molar-refractivity contribution is 5.71. The van der Waals surface area contributed by atoms with Gasteiger partial charge in [0.05, 0.1) is 0 Å². The molecule has 0 N–H and O–H groups in total. The Morgan fingerprint density at radius 2 is 0.776 bits per heavy atom. The summed E-state index contributed by atoms with van der Waals surface area (Å²) in [4.78, 5) is 37.5. The van der Waals surface area contributed by atoms with Crippen molar-refractivity contribution >= 4 is 17.9 Å². The van der Waals surface area contributed by atoms with Gasteiger partial charge in [-0.3, -0.25) is 14.4 Å². The first-order valence-electron chi connectivity index (χ1n) is 21.3. The first-order valence-corrected chi connectivity index (χ1v) is 21.3. The molecule has 6 nitrogen and oxygen atoms in total. The molecule has 0 fully saturated rings. The summed E-state index contributed by atoms with van der Waals surface area (Å²) < 4.78 is 16.6. The Hall–Kier alpha value is -1.59. The maximum absolute atomic E-state index is 12.6. The lowest BCUT2D eigenvalue weighted by Gasteiger charge is -2.18. The quantitative estimate of drug-likeness (QED) is 0.0366. The van der Waals surface area contributed by atoms with Crippen LogP contribution in [0, 0.1) is 11.8 Å². The largest absolute Gasteiger partial charge is 0.462 e. The van der Waals surface area contributed by atoms with Crippen LogP contribution in [0.4, 0.5) is 0 Å². The molecule has 0 saturated carbocycles. The van der Waals surface area contributed by atoms with Crippen LogP contribution in [-0.4, -0.2) is 37.2 Å². The zero-order valence-electron chi connectivity index (χ0n) is 33.3. The van der Waals surface area contributed by atoms with Crippen LogP contribution in [-0.2, 0) is 28.6 Å². The van der Waals surface area contributed by atoms with Crippen LogP contribution < -0.4 is 0 Å². The van der Waals surface area contributed by atoms with Gasteiger partial charge in [-0.1, -0.05) is 189 Å². The molecule has 6 heteroatoms. The topological polar surface area (TPSA) is 78.9 Å². The molecule has 49 heavy (non-hydrogen) atoms. The van der Waals surface area contributed by atoms with Crippen molar-refractivity contribution in [3.05, 3.63) is 0 Å². The van der Waals surface area contributed by atoms with E-state index in [4.69, 9.17) is 14.2 Å². The van der Waals surface area contributed by atoms with Gasteiger partial charge in [-0.25, -0.2) is 0 Å². The summed E-state index contributed by atoms with van der Waals surface area (Å²) in [5, 5.41) is 0. The summed E-state index contributed by atoms with van der Waals surface area (Å²) >= 11 is 0. The SMILES string of the molecule is CCCCCCCCCC(=O)O[C@H](COC(=O)CCCCCCCCCCCC(C)C)COC(=O)CCCCCCCCCCC(C)CC. The first kappa shape index (κ1) is 47.4. The second-order valence-electron chi connectivity index (χ2n) is 15.3. The van der Waals surface area contributed by atoms with E-state index in [0.29, 0.717) is 19.3 Å². The fourth-order valence-corrected chi connectivity index (χ4v) is 6.19. The Morgan fingerprint density at radius 1 is 0.429 bits per heavy atom. The molecule has 0 aliphatic carbocycles. The third-order valence-electron chi connectivity index (χ3n) is 9.83. The number of hydrogen-bond acceptors (Lipinski definition) is 6. The molecular formula is C43H82O6. The lowest BCUT2D eigenvalue weighted by atomic mass is 9.99. The number of esters is 3. The van der Waals surface area contributed by atoms with Crippen LogP contribution in [0.15, 0.2) is 0 Å². The van der Waals surface area contributed by atoms with E-state index in [-0.39, 0.29) is 31.1 Å². The van der Waals surface area contributed by atoms with Gasteiger partial charge >= 0.3 is 17.9 Å². The van der Waals surface area contributed by atoms with E-state index in [0.717, 1.165) is 69.6 Å². The Bertz CT molecular complexity index is 751. The standard InChI is InChI=1S/C43H82O6/c1-6-8-9-10-16-25-30-35-43(46)49-40(36-47-41(44)33-28-23-19-13-11-12-17-21-26-31-38(3)4)37-48-42(45)34-29-24-20-15-14-18-22-27-32-39(5)7-2/h38-40H,6-37H2,1-5H3/t39?,40-/m1/s1. The average Bonchev–Trinajstić information content (AvgIpc) is 3.08. The average molecular weight is 695 g/mol. The van der Waals surface area contributed by atoms with E-state index < -0.39 is 6.10 Å². The van der Waals surface area contributed by atoms with Gasteiger partial charge in [0, 0.05) is 19.3 Å². The molecule has 0 aromatic carbocycles. The molecule has 0 heterocycles. The number of hydrogen-bond donors (Lipinski definition) is 0. The van der Waals surface area contributed by atoms with E-state index in [1.165, 1.54) is 116 Å². The summed E-state index contributed by atoms with van der Waals surface area (Å²) in [7, 11) is 0. The van der Waals surface area contributed by atoms with Crippen molar-refractivity contribution in [1.82, 2.24) is 0 Å². The van der Waals surface area contributed by atoms with Gasteiger partial charge in [-0.15, -0.1) is 0 Å². The minimum Gasteiger partial charge on any atom is -0.462 e. The Balaban J connectivity index is 4.29. The van der Waals surface area contributed by atoms with E-state index in [2.05, 4.69) is 34.6 Å². The molecule has 0 radical (unpaired) electrons. The summed E-state index contributed by atoms with van der Waals surface area (Å²) in [6.07, 6.45) is 32.4. The van der Waals surface area contributed by atoms with Crippen molar-refractivity contribution in [3.8, 4) is 0 Å². The summed E-state index contributed by atoms with van der Waals surface area (Å²) in [5.74, 6) is 0.786. The molecule has 0 amide bonds. The molecular weight excluding hydrogens is 612 g/mol. The predicted octanol–water partition coefficient (Wildman–Crippen LogP) is 13.0. The fraction of sp³-hybridized carbons (Fsp3) is 0.930. The monoisotopic (exact) mass is 695 g/mol. The molecule has 0 aliphatic rings. The van der Waals surface area contributed by atoms with Gasteiger partial charge in [0.2, 0.25) is 0 Å². The zero-order chi connectivity index (χ0) is 36.2. The third kappa shape index (κ3) is 36.0. The van der Waals surface area contributed by atoms with Crippen molar-refractivity contribution in [3.63, 3.8) is 0 Å². The van der Waals surface area contributed by atoms with Crippen molar-refractivity contribution in [2.45, 2.75) is 233 Å². The van der Waals surface area contributed by atoms with E-state index in [1.807, 2.05) is 0 Å². The van der Waals surface area contributed by atoms with Crippen LogP contribution in [0.1, 0.15) is 227 Å². The van der Waals surface area contributed by atoms with Crippen LogP contribution in [0.3, 0.4) is 0 Å². The van der Waals surface area contributed by atoms with Crippen molar-refractivity contribution in [1.29, 1.82) is 0 Å².